The monoisotopic (exact) mass is 382 g/mol. The number of amides is 1. The number of carbonyl (C=O) groups excluding carboxylic acids is 1. The number of fused-ring (bicyclic) bond motifs is 1. The lowest BCUT2D eigenvalue weighted by Gasteiger charge is -2.26. The molecular weight excluding hydrogens is 360 g/mol. The predicted molar refractivity (Wildman–Crippen MR) is 103 cm³/mol. The number of methoxy groups -OCH3 is 1. The van der Waals surface area contributed by atoms with Crippen LogP contribution in [0.4, 0.5) is 0 Å². The van der Waals surface area contributed by atoms with Crippen LogP contribution in [-0.2, 0) is 4.74 Å². The van der Waals surface area contributed by atoms with E-state index in [9.17, 15) is 4.79 Å². The van der Waals surface area contributed by atoms with Crippen LogP contribution in [0.3, 0.4) is 0 Å². The summed E-state index contributed by atoms with van der Waals surface area (Å²) in [6.07, 6.45) is 1.44. The molecule has 2 aromatic heterocycles. The number of ether oxygens (including phenoxy) is 2. The van der Waals surface area contributed by atoms with Gasteiger partial charge in [-0.05, 0) is 12.1 Å². The molecule has 1 aliphatic rings. The Hall–Kier alpha value is -3.04. The molecule has 0 unspecified atom stereocenters. The molecule has 0 bridgehead atoms. The van der Waals surface area contributed by atoms with Crippen molar-refractivity contribution in [3.8, 4) is 17.0 Å². The minimum atomic E-state index is -0.255. The Morgan fingerprint density at radius 2 is 2.14 bits per heavy atom. The van der Waals surface area contributed by atoms with E-state index >= 15 is 0 Å². The van der Waals surface area contributed by atoms with Crippen LogP contribution in [0.2, 0.25) is 0 Å². The fraction of sp³-hybridized carbons (Fsp3) is 0.368. The molecule has 0 radical (unpaired) electrons. The Labute approximate surface area is 162 Å². The van der Waals surface area contributed by atoms with E-state index in [4.69, 9.17) is 9.47 Å². The third-order valence-electron chi connectivity index (χ3n) is 4.69. The van der Waals surface area contributed by atoms with Crippen molar-refractivity contribution >= 4 is 17.1 Å². The van der Waals surface area contributed by atoms with Crippen molar-refractivity contribution in [2.24, 2.45) is 0 Å². The van der Waals surface area contributed by atoms with Gasteiger partial charge in [-0.25, -0.2) is 9.97 Å². The summed E-state index contributed by atoms with van der Waals surface area (Å²) in [5.41, 5.74) is 2.72. The fourth-order valence-electron chi connectivity index (χ4n) is 3.19. The van der Waals surface area contributed by atoms with Crippen molar-refractivity contribution in [3.63, 3.8) is 0 Å². The van der Waals surface area contributed by atoms with Gasteiger partial charge in [0.05, 0.1) is 32.2 Å². The Morgan fingerprint density at radius 3 is 2.96 bits per heavy atom. The van der Waals surface area contributed by atoms with Crippen molar-refractivity contribution in [2.75, 3.05) is 46.5 Å². The first kappa shape index (κ1) is 18.3. The summed E-state index contributed by atoms with van der Waals surface area (Å²) in [5, 5.41) is 10.0. The number of benzene rings is 1. The number of hydrogen-bond donors (Lipinski definition) is 2. The number of H-pyrrole nitrogens is 1. The van der Waals surface area contributed by atoms with Gasteiger partial charge < -0.3 is 14.8 Å². The third-order valence-corrected chi connectivity index (χ3v) is 4.69. The van der Waals surface area contributed by atoms with E-state index in [0.29, 0.717) is 29.2 Å². The molecule has 2 N–H and O–H groups in total. The van der Waals surface area contributed by atoms with Crippen LogP contribution in [0.1, 0.15) is 10.5 Å². The quantitative estimate of drug-likeness (QED) is 0.657. The van der Waals surface area contributed by atoms with Crippen molar-refractivity contribution in [3.05, 3.63) is 36.2 Å². The number of nitrogens with zero attached hydrogens (tertiary/aromatic N) is 4. The number of aromatic nitrogens is 4. The maximum absolute atomic E-state index is 12.5. The highest BCUT2D eigenvalue weighted by Gasteiger charge is 2.17. The van der Waals surface area contributed by atoms with Crippen LogP contribution in [-0.4, -0.2) is 77.5 Å². The van der Waals surface area contributed by atoms with Crippen LogP contribution in [0.25, 0.3) is 22.4 Å². The van der Waals surface area contributed by atoms with Gasteiger partial charge in [-0.15, -0.1) is 0 Å². The topological polar surface area (TPSA) is 105 Å². The van der Waals surface area contributed by atoms with E-state index in [1.807, 2.05) is 24.3 Å². The highest BCUT2D eigenvalue weighted by atomic mass is 16.5. The molecule has 0 saturated carbocycles. The van der Waals surface area contributed by atoms with Crippen LogP contribution in [0.5, 0.6) is 5.75 Å². The molecule has 146 valence electrons. The molecule has 1 saturated heterocycles. The summed E-state index contributed by atoms with van der Waals surface area (Å²) in [4.78, 5) is 23.5. The van der Waals surface area contributed by atoms with Gasteiger partial charge in [-0.3, -0.25) is 14.8 Å². The lowest BCUT2D eigenvalue weighted by Crippen LogP contribution is -2.41. The zero-order valence-electron chi connectivity index (χ0n) is 15.6. The van der Waals surface area contributed by atoms with Gasteiger partial charge in [0.15, 0.2) is 5.65 Å². The minimum absolute atomic E-state index is 0.255. The molecule has 3 heterocycles. The average molecular weight is 382 g/mol. The van der Waals surface area contributed by atoms with E-state index in [0.717, 1.165) is 38.4 Å². The van der Waals surface area contributed by atoms with E-state index in [-0.39, 0.29) is 11.6 Å². The molecular formula is C19H22N6O3. The highest BCUT2D eigenvalue weighted by Crippen LogP contribution is 2.31. The second-order valence-corrected chi connectivity index (χ2v) is 6.44. The Morgan fingerprint density at radius 1 is 1.32 bits per heavy atom. The van der Waals surface area contributed by atoms with Gasteiger partial charge >= 0.3 is 0 Å². The molecule has 1 amide bonds. The number of aromatic amines is 1. The number of hydrogen-bond acceptors (Lipinski definition) is 7. The first-order valence-electron chi connectivity index (χ1n) is 9.19. The number of para-hydroxylation sites is 1. The summed E-state index contributed by atoms with van der Waals surface area (Å²) >= 11 is 0. The lowest BCUT2D eigenvalue weighted by atomic mass is 10.1. The molecule has 9 nitrogen and oxygen atoms in total. The molecule has 1 fully saturated rings. The van der Waals surface area contributed by atoms with Crippen molar-refractivity contribution in [1.82, 2.24) is 30.4 Å². The smallest absolute Gasteiger partial charge is 0.271 e. The van der Waals surface area contributed by atoms with Crippen molar-refractivity contribution in [2.45, 2.75) is 0 Å². The van der Waals surface area contributed by atoms with Gasteiger partial charge in [0.1, 0.15) is 17.0 Å². The molecule has 1 aromatic carbocycles. The van der Waals surface area contributed by atoms with E-state index in [1.165, 1.54) is 6.20 Å². The number of nitrogens with one attached hydrogen (secondary N) is 2. The lowest BCUT2D eigenvalue weighted by molar-refractivity contribution is 0.0383. The summed E-state index contributed by atoms with van der Waals surface area (Å²) in [7, 11) is 1.61. The Bertz CT molecular complexity index is 967. The predicted octanol–water partition coefficient (Wildman–Crippen LogP) is 1.09. The largest absolute Gasteiger partial charge is 0.496 e. The second kappa shape index (κ2) is 8.32. The van der Waals surface area contributed by atoms with E-state index in [2.05, 4.69) is 30.4 Å². The Balaban J connectivity index is 1.51. The second-order valence-electron chi connectivity index (χ2n) is 6.44. The SMILES string of the molecule is COc1ccccc1-c1[nH]nc2ncc(C(=O)NCCN3CCOCC3)nc12. The standard InChI is InChI=1S/C19H22N6O3/c1-27-15-5-3-2-4-13(15)16-17-18(24-23-16)21-12-14(22-17)19(26)20-6-7-25-8-10-28-11-9-25/h2-5,12H,6-11H2,1H3,(H,20,26)(H,21,23,24). The van der Waals surface area contributed by atoms with E-state index in [1.54, 1.807) is 7.11 Å². The van der Waals surface area contributed by atoms with Crippen molar-refractivity contribution < 1.29 is 14.3 Å². The third kappa shape index (κ3) is 3.80. The number of carbonyl (C=O) groups is 1. The fourth-order valence-corrected chi connectivity index (χ4v) is 3.19. The minimum Gasteiger partial charge on any atom is -0.496 e. The zero-order chi connectivity index (χ0) is 19.3. The van der Waals surface area contributed by atoms with Crippen LogP contribution < -0.4 is 10.1 Å². The molecule has 3 aromatic rings. The number of morpholine rings is 1. The number of rotatable bonds is 6. The summed E-state index contributed by atoms with van der Waals surface area (Å²) in [6, 6.07) is 7.56. The van der Waals surface area contributed by atoms with Crippen LogP contribution >= 0.6 is 0 Å². The van der Waals surface area contributed by atoms with E-state index < -0.39 is 0 Å². The molecule has 4 rings (SSSR count). The molecule has 0 atom stereocenters. The summed E-state index contributed by atoms with van der Waals surface area (Å²) < 4.78 is 10.7. The van der Waals surface area contributed by atoms with Gasteiger partial charge in [-0.2, -0.15) is 5.10 Å². The van der Waals surface area contributed by atoms with Gasteiger partial charge in [0, 0.05) is 31.7 Å². The first-order valence-corrected chi connectivity index (χ1v) is 9.19. The molecule has 1 aliphatic heterocycles. The summed E-state index contributed by atoms with van der Waals surface area (Å²) in [6.45, 7) is 4.58. The van der Waals surface area contributed by atoms with Crippen LogP contribution in [0, 0.1) is 0 Å². The summed E-state index contributed by atoms with van der Waals surface area (Å²) in [5.74, 6) is 0.435. The van der Waals surface area contributed by atoms with Gasteiger partial charge in [-0.1, -0.05) is 12.1 Å². The molecule has 9 heteroatoms. The zero-order valence-corrected chi connectivity index (χ0v) is 15.6. The molecule has 28 heavy (non-hydrogen) atoms. The maximum Gasteiger partial charge on any atom is 0.271 e. The van der Waals surface area contributed by atoms with Gasteiger partial charge in [0.2, 0.25) is 0 Å². The van der Waals surface area contributed by atoms with Crippen molar-refractivity contribution in [1.29, 1.82) is 0 Å². The van der Waals surface area contributed by atoms with Gasteiger partial charge in [0.25, 0.3) is 5.91 Å². The normalized spacial score (nSPS) is 14.9. The molecule has 0 aliphatic carbocycles. The maximum atomic E-state index is 12.5. The average Bonchev–Trinajstić information content (AvgIpc) is 3.17. The first-order chi connectivity index (χ1) is 13.8. The Kier molecular flexibility index (Phi) is 5.45. The highest BCUT2D eigenvalue weighted by molar-refractivity contribution is 5.96. The van der Waals surface area contributed by atoms with Crippen LogP contribution in [0.15, 0.2) is 30.5 Å². The molecule has 0 spiro atoms.